The van der Waals surface area contributed by atoms with E-state index in [1.165, 1.54) is 138 Å². The van der Waals surface area contributed by atoms with Crippen LogP contribution >= 0.6 is 0 Å². The first-order valence-corrected chi connectivity index (χ1v) is 24.7. The molecule has 17 rings (SSSR count). The van der Waals surface area contributed by atoms with Crippen molar-refractivity contribution < 1.29 is 0 Å². The topological polar surface area (TPSA) is 15.3 Å². The monoisotopic (exact) mass is 898 g/mol. The lowest BCUT2D eigenvalue weighted by Crippen LogP contribution is -2.61. The standard InChI is InChI=1S/C66H39BN4/c1-3-14-40(15-4-1)42-28-32-44(33-29-42)68-58-26-13-27-59-64(58)67(54-36-52-50-22-11-20-48-46-18-7-9-24-56(46)70(65(48)50)60(52)38-62(54)68)55-37-53-51-23-12-21-49-47-19-8-10-25-57(47)71(66(49)51)61(53)39-63(55)69(59)45-34-30-43(31-35-45)41-16-5-2-6-17-41/h1-39H. The van der Waals surface area contributed by atoms with E-state index in [0.29, 0.717) is 0 Å². The van der Waals surface area contributed by atoms with E-state index in [9.17, 15) is 0 Å². The van der Waals surface area contributed by atoms with Crippen molar-refractivity contribution in [2.24, 2.45) is 0 Å². The van der Waals surface area contributed by atoms with Crippen LogP contribution in [0.25, 0.3) is 98.4 Å². The van der Waals surface area contributed by atoms with E-state index in [4.69, 9.17) is 0 Å². The van der Waals surface area contributed by atoms with E-state index in [1.807, 2.05) is 0 Å². The Kier molecular flexibility index (Phi) is 7.26. The average Bonchev–Trinajstić information content (AvgIpc) is 4.17. The second-order valence-electron chi connectivity index (χ2n) is 19.6. The number of para-hydroxylation sites is 4. The molecule has 71 heavy (non-hydrogen) atoms. The summed E-state index contributed by atoms with van der Waals surface area (Å²) >= 11 is 0. The third-order valence-corrected chi connectivity index (χ3v) is 16.1. The minimum absolute atomic E-state index is 0.0618. The predicted octanol–water partition coefficient (Wildman–Crippen LogP) is 15.4. The second kappa shape index (κ2) is 13.7. The minimum Gasteiger partial charge on any atom is -0.311 e. The first-order valence-electron chi connectivity index (χ1n) is 24.7. The van der Waals surface area contributed by atoms with Gasteiger partial charge in [-0.25, -0.2) is 0 Å². The highest BCUT2D eigenvalue weighted by Gasteiger charge is 2.44. The van der Waals surface area contributed by atoms with Gasteiger partial charge in [-0.2, -0.15) is 0 Å². The highest BCUT2D eigenvalue weighted by atomic mass is 15.2. The zero-order valence-corrected chi connectivity index (χ0v) is 38.4. The van der Waals surface area contributed by atoms with Gasteiger partial charge in [0, 0.05) is 77.2 Å². The van der Waals surface area contributed by atoms with E-state index < -0.39 is 0 Å². The summed E-state index contributed by atoms with van der Waals surface area (Å²) in [6.45, 7) is -0.0618. The van der Waals surface area contributed by atoms with E-state index in [-0.39, 0.29) is 6.71 Å². The van der Waals surface area contributed by atoms with Crippen molar-refractivity contribution in [1.29, 1.82) is 0 Å². The summed E-state index contributed by atoms with van der Waals surface area (Å²) in [5.41, 5.74) is 23.3. The fourth-order valence-corrected chi connectivity index (χ4v) is 13.2. The predicted molar refractivity (Wildman–Crippen MR) is 301 cm³/mol. The van der Waals surface area contributed by atoms with Crippen LogP contribution < -0.4 is 26.2 Å². The van der Waals surface area contributed by atoms with Crippen LogP contribution in [0.3, 0.4) is 0 Å². The lowest BCUT2D eigenvalue weighted by molar-refractivity contribution is 1.25. The number of hydrogen-bond donors (Lipinski definition) is 0. The fraction of sp³-hybridized carbons (Fsp3) is 0. The molecule has 0 aliphatic carbocycles. The Balaban J connectivity index is 0.992. The molecule has 2 aliphatic heterocycles. The molecule has 0 spiro atoms. The number of aromatic nitrogens is 2. The van der Waals surface area contributed by atoms with Crippen molar-refractivity contribution in [2.45, 2.75) is 0 Å². The number of rotatable bonds is 4. The van der Waals surface area contributed by atoms with Gasteiger partial charge in [-0.15, -0.1) is 0 Å². The summed E-state index contributed by atoms with van der Waals surface area (Å²) in [6, 6.07) is 88.6. The molecule has 0 saturated carbocycles. The summed E-state index contributed by atoms with van der Waals surface area (Å²) in [6.07, 6.45) is 0. The van der Waals surface area contributed by atoms with Crippen LogP contribution in [0.15, 0.2) is 237 Å². The maximum atomic E-state index is 2.57. The number of hydrogen-bond acceptors (Lipinski definition) is 2. The molecular formula is C66H39BN4. The number of fused-ring (bicyclic) bond motifs is 16. The van der Waals surface area contributed by atoms with E-state index in [1.54, 1.807) is 0 Å². The molecule has 0 saturated heterocycles. The van der Waals surface area contributed by atoms with Crippen molar-refractivity contribution in [3.8, 4) is 22.3 Å². The van der Waals surface area contributed by atoms with Crippen molar-refractivity contribution >= 4 is 133 Å². The zero-order chi connectivity index (χ0) is 46.1. The van der Waals surface area contributed by atoms with Gasteiger partial charge in [0.2, 0.25) is 0 Å². The average molecular weight is 899 g/mol. The lowest BCUT2D eigenvalue weighted by Gasteiger charge is -2.44. The molecule has 2 aliphatic rings. The Morgan fingerprint density at radius 3 is 1.07 bits per heavy atom. The van der Waals surface area contributed by atoms with Gasteiger partial charge in [0.05, 0.1) is 33.1 Å². The summed E-state index contributed by atoms with van der Waals surface area (Å²) in [5.74, 6) is 0. The molecule has 0 fully saturated rings. The Morgan fingerprint density at radius 1 is 0.254 bits per heavy atom. The molecule has 11 aromatic carbocycles. The van der Waals surface area contributed by atoms with E-state index in [2.05, 4.69) is 255 Å². The van der Waals surface area contributed by atoms with Crippen molar-refractivity contribution in [3.63, 3.8) is 0 Å². The molecular weight excluding hydrogens is 860 g/mol. The zero-order valence-electron chi connectivity index (χ0n) is 38.4. The highest BCUT2D eigenvalue weighted by Crippen LogP contribution is 2.49. The number of nitrogens with zero attached hydrogens (tertiary/aromatic N) is 4. The lowest BCUT2D eigenvalue weighted by atomic mass is 9.33. The Labute approximate surface area is 408 Å². The smallest absolute Gasteiger partial charge is 0.252 e. The van der Waals surface area contributed by atoms with Gasteiger partial charge in [-0.05, 0) is 99.3 Å². The molecule has 6 heterocycles. The molecule has 4 nitrogen and oxygen atoms in total. The summed E-state index contributed by atoms with van der Waals surface area (Å²) < 4.78 is 5.06. The maximum Gasteiger partial charge on any atom is 0.252 e. The molecule has 0 amide bonds. The van der Waals surface area contributed by atoms with Crippen LogP contribution in [0.2, 0.25) is 0 Å². The van der Waals surface area contributed by atoms with Gasteiger partial charge in [0.1, 0.15) is 0 Å². The van der Waals surface area contributed by atoms with Crippen LogP contribution in [0.4, 0.5) is 34.1 Å². The molecule has 0 radical (unpaired) electrons. The second-order valence-corrected chi connectivity index (χ2v) is 19.6. The van der Waals surface area contributed by atoms with Gasteiger partial charge < -0.3 is 18.6 Å². The SMILES string of the molecule is c1ccc(-c2ccc(N3c4cc5c(cc4B4c6cc7c8cccc9c%10ccccc%10n(c7cc6N(c6ccc(-c7ccccc7)cc6)c6cccc3c64)c98)c3cccc4c6ccccc6n5c43)cc2)cc1. The summed E-state index contributed by atoms with van der Waals surface area (Å²) in [7, 11) is 0. The van der Waals surface area contributed by atoms with Crippen LogP contribution in [-0.2, 0) is 0 Å². The molecule has 0 N–H and O–H groups in total. The quantitative estimate of drug-likeness (QED) is 0.164. The molecule has 5 heteroatoms. The third-order valence-electron chi connectivity index (χ3n) is 16.1. The van der Waals surface area contributed by atoms with Crippen molar-refractivity contribution in [2.75, 3.05) is 9.80 Å². The number of benzene rings is 11. The normalized spacial score (nSPS) is 13.3. The molecule has 4 aromatic heterocycles. The van der Waals surface area contributed by atoms with Gasteiger partial charge in [0.25, 0.3) is 6.71 Å². The summed E-state index contributed by atoms with van der Waals surface area (Å²) in [5, 5.41) is 10.3. The van der Waals surface area contributed by atoms with Crippen LogP contribution in [0.1, 0.15) is 0 Å². The molecule has 0 atom stereocenters. The van der Waals surface area contributed by atoms with E-state index >= 15 is 0 Å². The first-order chi connectivity index (χ1) is 35.2. The summed E-state index contributed by atoms with van der Waals surface area (Å²) in [4.78, 5) is 5.11. The van der Waals surface area contributed by atoms with Crippen LogP contribution in [-0.4, -0.2) is 15.5 Å². The van der Waals surface area contributed by atoms with Crippen LogP contribution in [0, 0.1) is 0 Å². The Morgan fingerprint density at radius 2 is 0.620 bits per heavy atom. The molecule has 15 aromatic rings. The fourth-order valence-electron chi connectivity index (χ4n) is 13.2. The largest absolute Gasteiger partial charge is 0.311 e. The van der Waals surface area contributed by atoms with Gasteiger partial charge in [-0.3, -0.25) is 0 Å². The Bertz CT molecular complexity index is 4390. The van der Waals surface area contributed by atoms with Crippen molar-refractivity contribution in [1.82, 2.24) is 8.80 Å². The third kappa shape index (κ3) is 4.89. The van der Waals surface area contributed by atoms with Crippen molar-refractivity contribution in [3.05, 3.63) is 237 Å². The molecule has 326 valence electrons. The van der Waals surface area contributed by atoms with E-state index in [0.717, 1.165) is 11.4 Å². The maximum absolute atomic E-state index is 2.57. The van der Waals surface area contributed by atoms with Crippen LogP contribution in [0.5, 0.6) is 0 Å². The minimum atomic E-state index is -0.0618. The Hall–Kier alpha value is -9.32. The van der Waals surface area contributed by atoms with Gasteiger partial charge in [-0.1, -0.05) is 176 Å². The highest BCUT2D eigenvalue weighted by molar-refractivity contribution is 7.00. The first kappa shape index (κ1) is 37.6. The molecule has 0 unspecified atom stereocenters. The molecule has 0 bridgehead atoms. The van der Waals surface area contributed by atoms with Gasteiger partial charge in [0.15, 0.2) is 0 Å². The number of anilines is 6. The van der Waals surface area contributed by atoms with Gasteiger partial charge >= 0.3 is 0 Å².